The fraction of sp³-hybridized carbons (Fsp3) is 0.500. The second kappa shape index (κ2) is 6.62. The Kier molecular flexibility index (Phi) is 5.11. The average Bonchev–Trinajstić information content (AvgIpc) is 2.81. The summed E-state index contributed by atoms with van der Waals surface area (Å²) in [5.41, 5.74) is 0.622. The number of methoxy groups -OCH3 is 1. The number of benzene rings is 1. The van der Waals surface area contributed by atoms with Crippen molar-refractivity contribution >= 4 is 33.4 Å². The first-order valence-corrected chi connectivity index (χ1v) is 7.60. The van der Waals surface area contributed by atoms with Gasteiger partial charge in [-0.1, -0.05) is 6.42 Å². The lowest BCUT2D eigenvalue weighted by molar-refractivity contribution is 0.0947. The van der Waals surface area contributed by atoms with Crippen LogP contribution in [0.2, 0.25) is 0 Å². The topological polar surface area (TPSA) is 38.3 Å². The second-order valence-electron chi connectivity index (χ2n) is 4.77. The molecule has 0 spiro atoms. The Balaban J connectivity index is 1.94. The molecule has 2 atom stereocenters. The number of amides is 1. The molecule has 3 nitrogen and oxygen atoms in total. The largest absolute Gasteiger partial charge is 0.496 e. The van der Waals surface area contributed by atoms with Gasteiger partial charge in [-0.25, -0.2) is 0 Å². The van der Waals surface area contributed by atoms with E-state index in [9.17, 15) is 4.79 Å². The van der Waals surface area contributed by atoms with Crippen molar-refractivity contribution in [1.82, 2.24) is 5.32 Å². The van der Waals surface area contributed by atoms with Crippen LogP contribution in [0.5, 0.6) is 5.75 Å². The van der Waals surface area contributed by atoms with E-state index in [0.29, 0.717) is 23.8 Å². The van der Waals surface area contributed by atoms with Crippen LogP contribution in [0.1, 0.15) is 29.6 Å². The number of nitrogens with one attached hydrogen (secondary N) is 1. The molecule has 2 rings (SSSR count). The molecule has 0 bridgehead atoms. The van der Waals surface area contributed by atoms with E-state index in [2.05, 4.69) is 21.2 Å². The molecule has 1 fully saturated rings. The van der Waals surface area contributed by atoms with Gasteiger partial charge < -0.3 is 10.1 Å². The Hall–Kier alpha value is -0.740. The van der Waals surface area contributed by atoms with E-state index >= 15 is 0 Å². The van der Waals surface area contributed by atoms with E-state index in [1.165, 1.54) is 0 Å². The predicted molar refractivity (Wildman–Crippen MR) is 80.0 cm³/mol. The van der Waals surface area contributed by atoms with E-state index in [4.69, 9.17) is 16.3 Å². The van der Waals surface area contributed by atoms with Crippen LogP contribution in [-0.4, -0.2) is 24.9 Å². The van der Waals surface area contributed by atoms with Crippen molar-refractivity contribution < 1.29 is 9.53 Å². The highest BCUT2D eigenvalue weighted by Crippen LogP contribution is 2.29. The molecule has 1 N–H and O–H groups in total. The van der Waals surface area contributed by atoms with Gasteiger partial charge in [-0.15, -0.1) is 11.6 Å². The minimum atomic E-state index is -0.0703. The summed E-state index contributed by atoms with van der Waals surface area (Å²) >= 11 is 9.57. The molecule has 1 aromatic carbocycles. The van der Waals surface area contributed by atoms with Crippen molar-refractivity contribution in [3.63, 3.8) is 0 Å². The number of halogens is 2. The van der Waals surface area contributed by atoms with Crippen LogP contribution in [0.3, 0.4) is 0 Å². The van der Waals surface area contributed by atoms with Crippen LogP contribution in [0.25, 0.3) is 0 Å². The van der Waals surface area contributed by atoms with Crippen molar-refractivity contribution in [2.24, 2.45) is 5.92 Å². The number of alkyl halides is 1. The summed E-state index contributed by atoms with van der Waals surface area (Å²) in [5, 5.41) is 3.15. The van der Waals surface area contributed by atoms with Gasteiger partial charge in [0.25, 0.3) is 5.91 Å². The smallest absolute Gasteiger partial charge is 0.251 e. The first-order chi connectivity index (χ1) is 9.11. The number of rotatable bonds is 4. The van der Waals surface area contributed by atoms with Gasteiger partial charge in [0.2, 0.25) is 0 Å². The normalized spacial score (nSPS) is 22.3. The minimum Gasteiger partial charge on any atom is -0.496 e. The molecule has 1 aliphatic carbocycles. The zero-order valence-corrected chi connectivity index (χ0v) is 13.1. The Morgan fingerprint density at radius 1 is 1.53 bits per heavy atom. The zero-order chi connectivity index (χ0) is 13.8. The Labute approximate surface area is 126 Å². The number of carbonyl (C=O) groups excluding carboxylic acids is 1. The van der Waals surface area contributed by atoms with Gasteiger partial charge in [0.1, 0.15) is 5.75 Å². The quantitative estimate of drug-likeness (QED) is 0.846. The van der Waals surface area contributed by atoms with Crippen LogP contribution in [0.4, 0.5) is 0 Å². The summed E-state index contributed by atoms with van der Waals surface area (Å²) < 4.78 is 5.92. The first kappa shape index (κ1) is 14.7. The molecule has 1 aliphatic rings. The third-order valence-corrected chi connectivity index (χ3v) is 4.70. The summed E-state index contributed by atoms with van der Waals surface area (Å²) in [6, 6.07) is 5.30. The third kappa shape index (κ3) is 3.63. The van der Waals surface area contributed by atoms with Crippen molar-refractivity contribution in [2.45, 2.75) is 24.6 Å². The molecule has 104 valence electrons. The highest BCUT2D eigenvalue weighted by Gasteiger charge is 2.25. The van der Waals surface area contributed by atoms with E-state index in [1.807, 2.05) is 0 Å². The van der Waals surface area contributed by atoms with Crippen molar-refractivity contribution in [3.05, 3.63) is 28.2 Å². The maximum absolute atomic E-state index is 12.0. The number of carbonyl (C=O) groups is 1. The van der Waals surface area contributed by atoms with Gasteiger partial charge in [0.05, 0.1) is 11.6 Å². The molecule has 0 radical (unpaired) electrons. The molecule has 0 heterocycles. The van der Waals surface area contributed by atoms with Crippen LogP contribution in [-0.2, 0) is 0 Å². The fourth-order valence-corrected chi connectivity index (χ4v) is 3.27. The summed E-state index contributed by atoms with van der Waals surface area (Å²) in [6.07, 6.45) is 3.31. The van der Waals surface area contributed by atoms with Crippen molar-refractivity contribution in [3.8, 4) is 5.75 Å². The predicted octanol–water partition coefficient (Wildman–Crippen LogP) is 3.60. The molecule has 0 aromatic heterocycles. The molecule has 0 aliphatic heterocycles. The SMILES string of the molecule is COc1ccc(C(=O)NCC2CCCC2Cl)cc1Br. The van der Waals surface area contributed by atoms with Crippen LogP contribution in [0.15, 0.2) is 22.7 Å². The number of hydrogen-bond donors (Lipinski definition) is 1. The van der Waals surface area contributed by atoms with Crippen LogP contribution >= 0.6 is 27.5 Å². The van der Waals surface area contributed by atoms with Gasteiger partial charge in [-0.05, 0) is 52.9 Å². The van der Waals surface area contributed by atoms with Gasteiger partial charge in [-0.3, -0.25) is 4.79 Å². The van der Waals surface area contributed by atoms with Crippen molar-refractivity contribution in [2.75, 3.05) is 13.7 Å². The van der Waals surface area contributed by atoms with Gasteiger partial charge >= 0.3 is 0 Å². The Morgan fingerprint density at radius 2 is 2.32 bits per heavy atom. The Bertz CT molecular complexity index is 467. The Morgan fingerprint density at radius 3 is 2.89 bits per heavy atom. The molecule has 1 aromatic rings. The second-order valence-corrected chi connectivity index (χ2v) is 6.18. The number of ether oxygens (including phenoxy) is 1. The highest BCUT2D eigenvalue weighted by molar-refractivity contribution is 9.10. The lowest BCUT2D eigenvalue weighted by Gasteiger charge is -2.14. The van der Waals surface area contributed by atoms with Crippen molar-refractivity contribution in [1.29, 1.82) is 0 Å². The van der Waals surface area contributed by atoms with E-state index in [0.717, 1.165) is 23.7 Å². The van der Waals surface area contributed by atoms with Crippen LogP contribution < -0.4 is 10.1 Å². The molecule has 5 heteroatoms. The summed E-state index contributed by atoms with van der Waals surface area (Å²) in [6.45, 7) is 0.649. The molecule has 1 amide bonds. The summed E-state index contributed by atoms with van der Waals surface area (Å²) in [4.78, 5) is 12.0. The lowest BCUT2D eigenvalue weighted by Crippen LogP contribution is -2.31. The minimum absolute atomic E-state index is 0.0703. The van der Waals surface area contributed by atoms with Gasteiger partial charge in [0.15, 0.2) is 0 Å². The first-order valence-electron chi connectivity index (χ1n) is 6.37. The monoisotopic (exact) mass is 345 g/mol. The third-order valence-electron chi connectivity index (χ3n) is 3.51. The maximum atomic E-state index is 12.0. The average molecular weight is 347 g/mol. The number of hydrogen-bond acceptors (Lipinski definition) is 2. The van der Waals surface area contributed by atoms with E-state index in [-0.39, 0.29) is 11.3 Å². The summed E-state index contributed by atoms with van der Waals surface area (Å²) in [7, 11) is 1.60. The van der Waals surface area contributed by atoms with Gasteiger partial charge in [-0.2, -0.15) is 0 Å². The fourth-order valence-electron chi connectivity index (χ4n) is 2.36. The maximum Gasteiger partial charge on any atom is 0.251 e. The molecular weight excluding hydrogens is 330 g/mol. The van der Waals surface area contributed by atoms with Crippen LogP contribution in [0, 0.1) is 5.92 Å². The standard InChI is InChI=1S/C14H17BrClNO2/c1-19-13-6-5-9(7-11(13)15)14(18)17-8-10-3-2-4-12(10)16/h5-7,10,12H,2-4,8H2,1H3,(H,17,18). The van der Waals surface area contributed by atoms with Gasteiger partial charge in [0, 0.05) is 17.5 Å². The lowest BCUT2D eigenvalue weighted by atomic mass is 10.1. The molecule has 1 saturated carbocycles. The molecule has 19 heavy (non-hydrogen) atoms. The molecule has 0 saturated heterocycles. The van der Waals surface area contributed by atoms with E-state index in [1.54, 1.807) is 25.3 Å². The molecular formula is C14H17BrClNO2. The van der Waals surface area contributed by atoms with E-state index < -0.39 is 0 Å². The highest BCUT2D eigenvalue weighted by atomic mass is 79.9. The summed E-state index contributed by atoms with van der Waals surface area (Å²) in [5.74, 6) is 1.04. The molecule has 2 unspecified atom stereocenters. The zero-order valence-electron chi connectivity index (χ0n) is 10.8.